The van der Waals surface area contributed by atoms with Gasteiger partial charge in [0.15, 0.2) is 0 Å². The van der Waals surface area contributed by atoms with Crippen LogP contribution in [0.25, 0.3) is 0 Å². The smallest absolute Gasteiger partial charge is 0.238 e. The maximum absolute atomic E-state index is 12.0. The standard InChI is InChI=1S/C12H18BrNOS/c1-9(8-10-6-5-7-16-10)14(4)11(15)12(2,3)13/h5-7,9H,8H2,1-4H3. The maximum Gasteiger partial charge on any atom is 0.238 e. The Hall–Kier alpha value is -0.350. The predicted octanol–water partition coefficient (Wildman–Crippen LogP) is 3.31. The SMILES string of the molecule is CC(Cc1cccs1)N(C)C(=O)C(C)(C)Br. The van der Waals surface area contributed by atoms with E-state index in [1.165, 1.54) is 4.88 Å². The van der Waals surface area contributed by atoms with Gasteiger partial charge in [0.05, 0.1) is 4.32 Å². The summed E-state index contributed by atoms with van der Waals surface area (Å²) in [5.41, 5.74) is 0. The van der Waals surface area contributed by atoms with Crippen LogP contribution in [-0.4, -0.2) is 28.2 Å². The number of nitrogens with zero attached hydrogens (tertiary/aromatic N) is 1. The normalized spacial score (nSPS) is 13.6. The van der Waals surface area contributed by atoms with Gasteiger partial charge in [0.1, 0.15) is 0 Å². The Kier molecular flexibility index (Phi) is 4.56. The first-order valence-electron chi connectivity index (χ1n) is 5.31. The molecule has 1 rings (SSSR count). The minimum absolute atomic E-state index is 0.122. The van der Waals surface area contributed by atoms with Crippen molar-refractivity contribution in [2.75, 3.05) is 7.05 Å². The maximum atomic E-state index is 12.0. The lowest BCUT2D eigenvalue weighted by molar-refractivity contribution is -0.133. The van der Waals surface area contributed by atoms with Crippen molar-refractivity contribution >= 4 is 33.2 Å². The van der Waals surface area contributed by atoms with Crippen molar-refractivity contribution in [3.05, 3.63) is 22.4 Å². The largest absolute Gasteiger partial charge is 0.341 e. The molecule has 0 spiro atoms. The van der Waals surface area contributed by atoms with Gasteiger partial charge in [-0.05, 0) is 32.2 Å². The summed E-state index contributed by atoms with van der Waals surface area (Å²) in [6.07, 6.45) is 0.920. The summed E-state index contributed by atoms with van der Waals surface area (Å²) in [6.45, 7) is 5.84. The average Bonchev–Trinajstić information content (AvgIpc) is 2.66. The van der Waals surface area contributed by atoms with Crippen molar-refractivity contribution in [2.24, 2.45) is 0 Å². The third-order valence-electron chi connectivity index (χ3n) is 2.57. The van der Waals surface area contributed by atoms with E-state index in [1.54, 1.807) is 11.3 Å². The predicted molar refractivity (Wildman–Crippen MR) is 73.3 cm³/mol. The minimum Gasteiger partial charge on any atom is -0.341 e. The van der Waals surface area contributed by atoms with Gasteiger partial charge < -0.3 is 4.90 Å². The molecule has 0 aliphatic carbocycles. The van der Waals surface area contributed by atoms with Crippen molar-refractivity contribution in [3.8, 4) is 0 Å². The van der Waals surface area contributed by atoms with Gasteiger partial charge in [0.25, 0.3) is 0 Å². The second-order valence-corrected chi connectivity index (χ2v) is 7.54. The first-order valence-corrected chi connectivity index (χ1v) is 6.98. The van der Waals surface area contributed by atoms with Crippen LogP contribution in [-0.2, 0) is 11.2 Å². The zero-order valence-corrected chi connectivity index (χ0v) is 12.6. The second-order valence-electron chi connectivity index (χ2n) is 4.52. The minimum atomic E-state index is -0.481. The number of likely N-dealkylation sites (N-methyl/N-ethyl adjacent to an activating group) is 1. The van der Waals surface area contributed by atoms with Crippen molar-refractivity contribution in [1.29, 1.82) is 0 Å². The van der Waals surface area contributed by atoms with Crippen molar-refractivity contribution < 1.29 is 4.79 Å². The third kappa shape index (κ3) is 3.59. The lowest BCUT2D eigenvalue weighted by Gasteiger charge is -2.29. The van der Waals surface area contributed by atoms with Crippen LogP contribution >= 0.6 is 27.3 Å². The molecule has 4 heteroatoms. The van der Waals surface area contributed by atoms with Gasteiger partial charge in [0, 0.05) is 24.4 Å². The number of carbonyl (C=O) groups is 1. The highest BCUT2D eigenvalue weighted by Gasteiger charge is 2.29. The number of halogens is 1. The van der Waals surface area contributed by atoms with Crippen LogP contribution in [0.4, 0.5) is 0 Å². The average molecular weight is 304 g/mol. The van der Waals surface area contributed by atoms with E-state index in [2.05, 4.69) is 34.3 Å². The molecule has 1 aromatic rings. The molecule has 2 nitrogen and oxygen atoms in total. The van der Waals surface area contributed by atoms with Crippen LogP contribution in [0.1, 0.15) is 25.6 Å². The summed E-state index contributed by atoms with van der Waals surface area (Å²) in [5, 5.41) is 2.07. The van der Waals surface area contributed by atoms with Crippen LogP contribution < -0.4 is 0 Å². The van der Waals surface area contributed by atoms with Gasteiger partial charge in [0.2, 0.25) is 5.91 Å². The molecule has 0 saturated heterocycles. The number of thiophene rings is 1. The molecule has 0 saturated carbocycles. The van der Waals surface area contributed by atoms with Crippen LogP contribution in [0, 0.1) is 0 Å². The van der Waals surface area contributed by atoms with Crippen molar-refractivity contribution in [3.63, 3.8) is 0 Å². The molecular weight excluding hydrogens is 286 g/mol. The Balaban J connectivity index is 2.61. The number of amides is 1. The lowest BCUT2D eigenvalue weighted by Crippen LogP contribution is -2.44. The summed E-state index contributed by atoms with van der Waals surface area (Å²) in [7, 11) is 1.86. The molecule has 0 aliphatic rings. The van der Waals surface area contributed by atoms with Gasteiger partial charge in [-0.1, -0.05) is 22.0 Å². The van der Waals surface area contributed by atoms with Gasteiger partial charge in [-0.25, -0.2) is 0 Å². The molecule has 1 unspecified atom stereocenters. The van der Waals surface area contributed by atoms with E-state index in [9.17, 15) is 4.79 Å². The number of carbonyl (C=O) groups excluding carboxylic acids is 1. The summed E-state index contributed by atoms with van der Waals surface area (Å²) in [5.74, 6) is 0.122. The van der Waals surface area contributed by atoms with Crippen molar-refractivity contribution in [1.82, 2.24) is 4.90 Å². The first kappa shape index (κ1) is 13.7. The van der Waals surface area contributed by atoms with Gasteiger partial charge in [-0.2, -0.15) is 0 Å². The molecule has 0 radical (unpaired) electrons. The quantitative estimate of drug-likeness (QED) is 0.782. The molecule has 0 aliphatic heterocycles. The summed E-state index contributed by atoms with van der Waals surface area (Å²) >= 11 is 5.14. The summed E-state index contributed by atoms with van der Waals surface area (Å²) in [6, 6.07) is 4.38. The first-order chi connectivity index (χ1) is 7.32. The number of rotatable bonds is 4. The Morgan fingerprint density at radius 1 is 1.62 bits per heavy atom. The molecule has 1 heterocycles. The number of alkyl halides is 1. The molecule has 1 amide bonds. The Bertz CT molecular complexity index is 342. The molecule has 0 bridgehead atoms. The lowest BCUT2D eigenvalue weighted by atomic mass is 10.1. The molecule has 1 aromatic heterocycles. The highest BCUT2D eigenvalue weighted by molar-refractivity contribution is 9.10. The van der Waals surface area contributed by atoms with Crippen molar-refractivity contribution in [2.45, 2.75) is 37.6 Å². The molecule has 1 atom stereocenters. The molecule has 0 fully saturated rings. The Morgan fingerprint density at radius 2 is 2.25 bits per heavy atom. The third-order valence-corrected chi connectivity index (χ3v) is 3.80. The van der Waals surface area contributed by atoms with Crippen LogP contribution in [0.3, 0.4) is 0 Å². The highest BCUT2D eigenvalue weighted by atomic mass is 79.9. The molecule has 0 N–H and O–H groups in total. The fourth-order valence-electron chi connectivity index (χ4n) is 1.48. The Morgan fingerprint density at radius 3 is 2.69 bits per heavy atom. The van der Waals surface area contributed by atoms with Gasteiger partial charge in [-0.15, -0.1) is 11.3 Å². The van der Waals surface area contributed by atoms with E-state index in [0.717, 1.165) is 6.42 Å². The highest BCUT2D eigenvalue weighted by Crippen LogP contribution is 2.21. The topological polar surface area (TPSA) is 20.3 Å². The van der Waals surface area contributed by atoms with E-state index in [0.29, 0.717) is 0 Å². The van der Waals surface area contributed by atoms with E-state index in [1.807, 2.05) is 31.9 Å². The number of hydrogen-bond acceptors (Lipinski definition) is 2. The Labute approximate surface area is 110 Å². The van der Waals surface area contributed by atoms with Crippen LogP contribution in [0.5, 0.6) is 0 Å². The second kappa shape index (κ2) is 5.32. The van der Waals surface area contributed by atoms with Gasteiger partial charge >= 0.3 is 0 Å². The molecule has 90 valence electrons. The van der Waals surface area contributed by atoms with Crippen LogP contribution in [0.15, 0.2) is 17.5 Å². The van der Waals surface area contributed by atoms with E-state index in [-0.39, 0.29) is 11.9 Å². The van der Waals surface area contributed by atoms with Gasteiger partial charge in [-0.3, -0.25) is 4.79 Å². The van der Waals surface area contributed by atoms with E-state index < -0.39 is 4.32 Å². The zero-order chi connectivity index (χ0) is 12.3. The fourth-order valence-corrected chi connectivity index (χ4v) is 2.58. The molecule has 16 heavy (non-hydrogen) atoms. The van der Waals surface area contributed by atoms with E-state index in [4.69, 9.17) is 0 Å². The number of hydrogen-bond donors (Lipinski definition) is 0. The van der Waals surface area contributed by atoms with Crippen LogP contribution in [0.2, 0.25) is 0 Å². The zero-order valence-electron chi connectivity index (χ0n) is 10.2. The summed E-state index contributed by atoms with van der Waals surface area (Å²) in [4.78, 5) is 15.1. The molecular formula is C12H18BrNOS. The fraction of sp³-hybridized carbons (Fsp3) is 0.583. The summed E-state index contributed by atoms with van der Waals surface area (Å²) < 4.78 is -0.481. The molecule has 0 aromatic carbocycles. The van der Waals surface area contributed by atoms with E-state index >= 15 is 0 Å². The monoisotopic (exact) mass is 303 g/mol.